The van der Waals surface area contributed by atoms with Gasteiger partial charge in [0.25, 0.3) is 0 Å². The summed E-state index contributed by atoms with van der Waals surface area (Å²) in [5.74, 6) is 0.0599. The van der Waals surface area contributed by atoms with E-state index in [9.17, 15) is 4.79 Å². The highest BCUT2D eigenvalue weighted by molar-refractivity contribution is 5.76. The summed E-state index contributed by atoms with van der Waals surface area (Å²) in [6, 6.07) is 18.5. The smallest absolute Gasteiger partial charge is 0.220 e. The third-order valence-corrected chi connectivity index (χ3v) is 5.11. The van der Waals surface area contributed by atoms with Gasteiger partial charge in [-0.3, -0.25) is 9.69 Å². The Kier molecular flexibility index (Phi) is 7.59. The van der Waals surface area contributed by atoms with E-state index in [1.54, 1.807) is 0 Å². The molecular weight excluding hydrogens is 360 g/mol. The minimum Gasteiger partial charge on any atom is -0.352 e. The van der Waals surface area contributed by atoms with Gasteiger partial charge in [0.1, 0.15) is 0 Å². The molecule has 0 unspecified atom stereocenters. The van der Waals surface area contributed by atoms with Gasteiger partial charge < -0.3 is 5.32 Å². The van der Waals surface area contributed by atoms with Gasteiger partial charge in [0.15, 0.2) is 0 Å². The minimum absolute atomic E-state index is 0.0599. The zero-order valence-electron chi connectivity index (χ0n) is 17.3. The fourth-order valence-electron chi connectivity index (χ4n) is 3.23. The average molecular weight is 391 g/mol. The number of hydrogen-bond acceptors (Lipinski definition) is 3. The molecule has 2 aromatic carbocycles. The highest BCUT2D eigenvalue weighted by Gasteiger charge is 2.06. The third-order valence-electron chi connectivity index (χ3n) is 5.11. The Bertz CT molecular complexity index is 883. The number of amides is 1. The average Bonchev–Trinajstić information content (AvgIpc) is 3.25. The van der Waals surface area contributed by atoms with Gasteiger partial charge in [-0.15, -0.1) is 0 Å². The molecule has 0 aliphatic rings. The highest BCUT2D eigenvalue weighted by Crippen LogP contribution is 2.10. The van der Waals surface area contributed by atoms with Crippen LogP contribution in [0.4, 0.5) is 0 Å². The van der Waals surface area contributed by atoms with Gasteiger partial charge in [-0.25, -0.2) is 4.68 Å². The molecule has 0 aliphatic heterocycles. The fourth-order valence-corrected chi connectivity index (χ4v) is 3.23. The van der Waals surface area contributed by atoms with Crippen molar-refractivity contribution < 1.29 is 4.79 Å². The van der Waals surface area contributed by atoms with Crippen molar-refractivity contribution in [3.63, 3.8) is 0 Å². The number of aromatic nitrogens is 2. The van der Waals surface area contributed by atoms with Crippen molar-refractivity contribution in [1.29, 1.82) is 0 Å². The molecule has 0 saturated carbocycles. The third kappa shape index (κ3) is 6.29. The Hall–Kier alpha value is -2.92. The van der Waals surface area contributed by atoms with Crippen molar-refractivity contribution in [3.05, 3.63) is 83.7 Å². The van der Waals surface area contributed by atoms with Gasteiger partial charge in [0.2, 0.25) is 5.91 Å². The Morgan fingerprint density at radius 3 is 2.34 bits per heavy atom. The number of aryl methyl sites for hydroxylation is 1. The molecule has 152 valence electrons. The molecule has 0 bridgehead atoms. The van der Waals surface area contributed by atoms with E-state index in [2.05, 4.69) is 53.4 Å². The Labute approximate surface area is 173 Å². The van der Waals surface area contributed by atoms with Crippen LogP contribution >= 0.6 is 0 Å². The standard InChI is InChI=1S/C24H30N4O/c1-3-27(4-2)18-21-12-10-20(11-13-21)16-25-24(29)15-14-22-17-26-28(19-22)23-8-6-5-7-9-23/h5-13,17,19H,3-4,14-16,18H2,1-2H3,(H,25,29). The second-order valence-electron chi connectivity index (χ2n) is 7.18. The van der Waals surface area contributed by atoms with Crippen LogP contribution in [0.1, 0.15) is 37.0 Å². The van der Waals surface area contributed by atoms with Crippen molar-refractivity contribution in [2.45, 2.75) is 39.8 Å². The Morgan fingerprint density at radius 2 is 1.66 bits per heavy atom. The zero-order chi connectivity index (χ0) is 20.5. The van der Waals surface area contributed by atoms with Crippen LogP contribution in [0.15, 0.2) is 67.0 Å². The summed E-state index contributed by atoms with van der Waals surface area (Å²) in [4.78, 5) is 14.6. The van der Waals surface area contributed by atoms with E-state index in [1.807, 2.05) is 47.4 Å². The van der Waals surface area contributed by atoms with Crippen molar-refractivity contribution in [2.75, 3.05) is 13.1 Å². The maximum Gasteiger partial charge on any atom is 0.220 e. The maximum atomic E-state index is 12.2. The summed E-state index contributed by atoms with van der Waals surface area (Å²) < 4.78 is 1.84. The van der Waals surface area contributed by atoms with Crippen molar-refractivity contribution in [2.24, 2.45) is 0 Å². The first kappa shape index (κ1) is 20.8. The largest absolute Gasteiger partial charge is 0.352 e. The van der Waals surface area contributed by atoms with Crippen LogP contribution in [-0.4, -0.2) is 33.7 Å². The summed E-state index contributed by atoms with van der Waals surface area (Å²) in [7, 11) is 0. The minimum atomic E-state index is 0.0599. The summed E-state index contributed by atoms with van der Waals surface area (Å²) in [6.45, 7) is 8.00. The monoisotopic (exact) mass is 390 g/mol. The molecule has 1 N–H and O–H groups in total. The maximum absolute atomic E-state index is 12.2. The van der Waals surface area contributed by atoms with Crippen molar-refractivity contribution >= 4 is 5.91 Å². The molecule has 5 nitrogen and oxygen atoms in total. The summed E-state index contributed by atoms with van der Waals surface area (Å²) >= 11 is 0. The van der Waals surface area contributed by atoms with Crippen LogP contribution in [0.25, 0.3) is 5.69 Å². The Morgan fingerprint density at radius 1 is 0.966 bits per heavy atom. The predicted molar refractivity (Wildman–Crippen MR) is 117 cm³/mol. The van der Waals surface area contributed by atoms with Crippen molar-refractivity contribution in [1.82, 2.24) is 20.0 Å². The SMILES string of the molecule is CCN(CC)Cc1ccc(CNC(=O)CCc2cnn(-c3ccccc3)c2)cc1. The number of carbonyl (C=O) groups is 1. The van der Waals surface area contributed by atoms with Crippen LogP contribution < -0.4 is 5.32 Å². The lowest BCUT2D eigenvalue weighted by atomic mass is 10.1. The molecule has 3 aromatic rings. The highest BCUT2D eigenvalue weighted by atomic mass is 16.1. The summed E-state index contributed by atoms with van der Waals surface area (Å²) in [5, 5.41) is 7.39. The lowest BCUT2D eigenvalue weighted by Crippen LogP contribution is -2.23. The van der Waals surface area contributed by atoms with Gasteiger partial charge in [0.05, 0.1) is 11.9 Å². The number of rotatable bonds is 10. The fraction of sp³-hybridized carbons (Fsp3) is 0.333. The normalized spacial score (nSPS) is 11.0. The van der Waals surface area contributed by atoms with E-state index in [0.29, 0.717) is 19.4 Å². The van der Waals surface area contributed by atoms with E-state index in [4.69, 9.17) is 0 Å². The van der Waals surface area contributed by atoms with Gasteiger partial charge in [-0.1, -0.05) is 56.3 Å². The molecule has 1 aromatic heterocycles. The van der Waals surface area contributed by atoms with Gasteiger partial charge >= 0.3 is 0 Å². The van der Waals surface area contributed by atoms with Crippen LogP contribution in [0.3, 0.4) is 0 Å². The van der Waals surface area contributed by atoms with E-state index in [0.717, 1.165) is 36.4 Å². The Balaban J connectivity index is 1.43. The van der Waals surface area contributed by atoms with Crippen molar-refractivity contribution in [3.8, 4) is 5.69 Å². The summed E-state index contributed by atoms with van der Waals surface area (Å²) in [6.07, 6.45) is 4.95. The van der Waals surface area contributed by atoms with Crippen LogP contribution in [-0.2, 0) is 24.3 Å². The van der Waals surface area contributed by atoms with E-state index in [-0.39, 0.29) is 5.91 Å². The number of carbonyl (C=O) groups excluding carboxylic acids is 1. The van der Waals surface area contributed by atoms with E-state index >= 15 is 0 Å². The predicted octanol–water partition coefficient (Wildman–Crippen LogP) is 3.96. The molecule has 3 rings (SSSR count). The second kappa shape index (κ2) is 10.6. The summed E-state index contributed by atoms with van der Waals surface area (Å²) in [5.41, 5.74) is 4.51. The lowest BCUT2D eigenvalue weighted by Gasteiger charge is -2.18. The molecule has 5 heteroatoms. The first-order valence-corrected chi connectivity index (χ1v) is 10.3. The second-order valence-corrected chi connectivity index (χ2v) is 7.18. The molecule has 0 radical (unpaired) electrons. The van der Waals surface area contributed by atoms with Crippen LogP contribution in [0.5, 0.6) is 0 Å². The molecule has 29 heavy (non-hydrogen) atoms. The van der Waals surface area contributed by atoms with Crippen LogP contribution in [0.2, 0.25) is 0 Å². The molecule has 0 spiro atoms. The molecule has 0 atom stereocenters. The van der Waals surface area contributed by atoms with Gasteiger partial charge in [-0.2, -0.15) is 5.10 Å². The number of hydrogen-bond donors (Lipinski definition) is 1. The van der Waals surface area contributed by atoms with Gasteiger partial charge in [-0.05, 0) is 48.3 Å². The number of para-hydroxylation sites is 1. The molecular formula is C24H30N4O. The molecule has 1 amide bonds. The number of nitrogens with zero attached hydrogens (tertiary/aromatic N) is 3. The first-order valence-electron chi connectivity index (χ1n) is 10.3. The zero-order valence-corrected chi connectivity index (χ0v) is 17.3. The first-order chi connectivity index (χ1) is 14.2. The molecule has 0 fully saturated rings. The topological polar surface area (TPSA) is 50.2 Å². The van der Waals surface area contributed by atoms with E-state index in [1.165, 1.54) is 5.56 Å². The van der Waals surface area contributed by atoms with Gasteiger partial charge in [0, 0.05) is 25.7 Å². The number of nitrogens with one attached hydrogen (secondary N) is 1. The quantitative estimate of drug-likeness (QED) is 0.570. The lowest BCUT2D eigenvalue weighted by molar-refractivity contribution is -0.121. The van der Waals surface area contributed by atoms with Crippen LogP contribution in [0, 0.1) is 0 Å². The molecule has 0 saturated heterocycles. The number of benzene rings is 2. The molecule has 1 heterocycles. The van der Waals surface area contributed by atoms with E-state index < -0.39 is 0 Å². The molecule has 0 aliphatic carbocycles.